The van der Waals surface area contributed by atoms with Crippen molar-refractivity contribution in [1.29, 1.82) is 0 Å². The molecule has 0 aromatic heterocycles. The number of halogens is 7. The quantitative estimate of drug-likeness (QED) is 0.118. The van der Waals surface area contributed by atoms with Crippen LogP contribution < -0.4 is 16.0 Å². The molecular weight excluding hydrogens is 1370 g/mol. The summed E-state index contributed by atoms with van der Waals surface area (Å²) in [6.07, 6.45) is -5.55. The van der Waals surface area contributed by atoms with Crippen LogP contribution in [0.1, 0.15) is 203 Å². The third-order valence-electron chi connectivity index (χ3n) is 24.0. The number of carbonyl (C=O) groups is 11. The highest BCUT2D eigenvalue weighted by atomic mass is 35.5. The number of carbonyl (C=O) groups excluding carboxylic acids is 11. The summed E-state index contributed by atoms with van der Waals surface area (Å²) in [5, 5.41) is 7.45. The molecule has 7 aliphatic rings. The number of fused-ring (bicyclic) bond motifs is 2. The van der Waals surface area contributed by atoms with Gasteiger partial charge in [-0.15, -0.1) is 11.6 Å². The van der Waals surface area contributed by atoms with Crippen LogP contribution in [0.4, 0.5) is 26.3 Å². The van der Waals surface area contributed by atoms with E-state index in [-0.39, 0.29) is 141 Å². The largest absolute Gasteiger partial charge is 0.393 e. The van der Waals surface area contributed by atoms with Gasteiger partial charge >= 0.3 is 12.4 Å². The third kappa shape index (κ3) is 20.2. The summed E-state index contributed by atoms with van der Waals surface area (Å²) in [7, 11) is 7.28. The monoisotopic (exact) mass is 1490 g/mol. The Bertz CT molecular complexity index is 3000. The number of alkyl halides is 7. The molecule has 11 amide bonds. The van der Waals surface area contributed by atoms with Gasteiger partial charge in [-0.05, 0) is 166 Å². The van der Waals surface area contributed by atoms with E-state index in [1.54, 1.807) is 34.7 Å². The molecule has 0 radical (unpaired) electrons. The number of amides is 11. The summed E-state index contributed by atoms with van der Waals surface area (Å²) in [5.74, 6) is -12.4. The standard InChI is InChI=1S/C73H116ClF6N11O12/c1-14-43(6)60-68(100)86(11)45(8)64(96)90-34-31-54(90)67(99)89(15-2)57(38-47-23-27-49(28-24-47)72(75,76)77)66(98)84(9)41-58(92)81-53(30-26-46-25-29-51(52(74)37-46)73(78,79)80)65(97)91-40-50(103-16-3)39-56(91)63(95)83-71(32-20-33-71)70(102)88(13)61(48-21-18-17-19-22-48)69(101)85(10)44(7)36-59(93)87(12)55(35-42(4)5)62(94)82-60/h42-57,60-61H,14-41H2,1-13H3,(H,81,92)(H,82,94)(H,83,95)/t43-,44+,45-,46?,47?,49?,50+,51?,52?,53-,54-,55-,56-,57-,60-,61-/m0/s1. The van der Waals surface area contributed by atoms with Crippen molar-refractivity contribution in [1.82, 2.24) is 55.1 Å². The molecule has 0 aromatic carbocycles. The first-order chi connectivity index (χ1) is 48.3. The second kappa shape index (κ2) is 36.1. The molecule has 14 atom stereocenters. The summed E-state index contributed by atoms with van der Waals surface area (Å²) in [6, 6.07) is -10.7. The molecule has 103 heavy (non-hydrogen) atoms. The Morgan fingerprint density at radius 3 is 1.81 bits per heavy atom. The van der Waals surface area contributed by atoms with Crippen LogP contribution in [0.5, 0.6) is 0 Å². The fraction of sp³-hybridized carbons (Fsp3) is 0.849. The predicted molar refractivity (Wildman–Crippen MR) is 373 cm³/mol. The van der Waals surface area contributed by atoms with E-state index < -0.39 is 185 Å². The molecule has 3 aliphatic heterocycles. The number of ether oxygens (including phenoxy) is 1. The second-order valence-corrected chi connectivity index (χ2v) is 31.9. The van der Waals surface area contributed by atoms with Crippen LogP contribution in [0.25, 0.3) is 0 Å². The van der Waals surface area contributed by atoms with Crippen LogP contribution in [0.15, 0.2) is 0 Å². The number of likely N-dealkylation sites (N-methyl/N-ethyl adjacent to an activating group) is 6. The molecule has 0 bridgehead atoms. The highest BCUT2D eigenvalue weighted by molar-refractivity contribution is 6.21. The fourth-order valence-corrected chi connectivity index (χ4v) is 17.3. The molecule has 7 fully saturated rings. The molecule has 3 heterocycles. The SMILES string of the molecule is CCO[C@@H]1C[C@H]2C(=O)NC3(CCC3)C(=O)N(C)[C@@H](C3CCCCC3)C(=O)N(C)[C@H](C)CC(=O)N(C)[C@@H](CC(C)C)C(=O)N[C@@H]([C@@H](C)CC)C(=O)N(C)[C@@H](C)C(=O)N3CC[C@H]3C(=O)N(CC)[C@@H](CC3CCC(C(F)(F)F)CC3)C(=O)N(C)CC(=O)N[C@@H](CCC3CCC(C(F)(F)F)C(Cl)C3)C(=O)N2C1. The predicted octanol–water partition coefficient (Wildman–Crippen LogP) is 7.83. The molecule has 0 aromatic rings. The van der Waals surface area contributed by atoms with Crippen LogP contribution in [-0.4, -0.2) is 256 Å². The van der Waals surface area contributed by atoms with Gasteiger partial charge in [-0.3, -0.25) is 52.7 Å². The lowest BCUT2D eigenvalue weighted by molar-refractivity contribution is -0.184. The van der Waals surface area contributed by atoms with Crippen molar-refractivity contribution in [2.75, 3.05) is 68.0 Å². The summed E-state index contributed by atoms with van der Waals surface area (Å²) >= 11 is 6.42. The lowest BCUT2D eigenvalue weighted by Crippen LogP contribution is -2.68. The summed E-state index contributed by atoms with van der Waals surface area (Å²) in [6.45, 7) is 13.1. The molecule has 3 N–H and O–H groups in total. The van der Waals surface area contributed by atoms with Gasteiger partial charge in [-0.2, -0.15) is 26.3 Å². The van der Waals surface area contributed by atoms with Gasteiger partial charge in [0.25, 0.3) is 0 Å². The van der Waals surface area contributed by atoms with Crippen molar-refractivity contribution >= 4 is 76.6 Å². The highest BCUT2D eigenvalue weighted by Crippen LogP contribution is 2.45. The lowest BCUT2D eigenvalue weighted by atomic mass is 9.74. The van der Waals surface area contributed by atoms with Crippen LogP contribution >= 0.6 is 11.6 Å². The van der Waals surface area contributed by atoms with Crippen LogP contribution in [-0.2, 0) is 57.5 Å². The van der Waals surface area contributed by atoms with Crippen molar-refractivity contribution in [3.63, 3.8) is 0 Å². The van der Waals surface area contributed by atoms with E-state index in [2.05, 4.69) is 16.0 Å². The maximum absolute atomic E-state index is 15.5. The Kier molecular flexibility index (Phi) is 29.5. The first-order valence-corrected chi connectivity index (χ1v) is 38.3. The Hall–Kier alpha value is -6.00. The van der Waals surface area contributed by atoms with E-state index in [9.17, 15) is 50.3 Å². The molecule has 30 heteroatoms. The van der Waals surface area contributed by atoms with Gasteiger partial charge in [-0.1, -0.05) is 53.4 Å². The minimum absolute atomic E-state index is 0.0471. The molecule has 3 unspecified atom stereocenters. The van der Waals surface area contributed by atoms with E-state index in [1.165, 1.54) is 69.4 Å². The van der Waals surface area contributed by atoms with Crippen molar-refractivity contribution < 1.29 is 83.8 Å². The van der Waals surface area contributed by atoms with E-state index in [0.29, 0.717) is 25.7 Å². The molecule has 3 saturated heterocycles. The average molecular weight is 1490 g/mol. The third-order valence-corrected chi connectivity index (χ3v) is 24.5. The van der Waals surface area contributed by atoms with E-state index in [1.807, 2.05) is 20.8 Å². The van der Waals surface area contributed by atoms with Gasteiger partial charge in [0, 0.05) is 85.7 Å². The minimum Gasteiger partial charge on any atom is -0.377 e. The normalized spacial score (nSPS) is 32.6. The first kappa shape index (κ1) is 84.3. The van der Waals surface area contributed by atoms with Crippen molar-refractivity contribution in [3.8, 4) is 0 Å². The zero-order chi connectivity index (χ0) is 76.5. The fourth-order valence-electron chi connectivity index (χ4n) is 16.8. The first-order valence-electron chi connectivity index (χ1n) is 37.8. The average Bonchev–Trinajstić information content (AvgIpc) is 1.61. The molecule has 4 saturated carbocycles. The van der Waals surface area contributed by atoms with Crippen molar-refractivity contribution in [3.05, 3.63) is 0 Å². The number of rotatable bonds is 13. The number of hydrogen-bond acceptors (Lipinski definition) is 12. The van der Waals surface area contributed by atoms with Crippen molar-refractivity contribution in [2.24, 2.45) is 41.4 Å². The lowest BCUT2D eigenvalue weighted by Gasteiger charge is -2.47. The topological polar surface area (TPSA) is 259 Å². The molecule has 584 valence electrons. The summed E-state index contributed by atoms with van der Waals surface area (Å²) < 4.78 is 90.5. The smallest absolute Gasteiger partial charge is 0.377 e. The number of nitrogens with one attached hydrogen (secondary N) is 3. The summed E-state index contributed by atoms with van der Waals surface area (Å²) in [5.41, 5.74) is -1.54. The van der Waals surface area contributed by atoms with E-state index in [4.69, 9.17) is 16.3 Å². The van der Waals surface area contributed by atoms with Gasteiger partial charge in [-0.25, -0.2) is 0 Å². The molecule has 1 spiro atoms. The van der Waals surface area contributed by atoms with Crippen LogP contribution in [0, 0.1) is 41.4 Å². The zero-order valence-corrected chi connectivity index (χ0v) is 63.6. The Morgan fingerprint density at radius 1 is 0.621 bits per heavy atom. The maximum Gasteiger partial charge on any atom is 0.393 e. The Morgan fingerprint density at radius 2 is 1.26 bits per heavy atom. The Balaban J connectivity index is 1.28. The summed E-state index contributed by atoms with van der Waals surface area (Å²) in [4.78, 5) is 176. The van der Waals surface area contributed by atoms with Crippen LogP contribution in [0.3, 0.4) is 0 Å². The molecule has 4 aliphatic carbocycles. The van der Waals surface area contributed by atoms with Crippen molar-refractivity contribution in [2.45, 2.75) is 287 Å². The van der Waals surface area contributed by atoms with Gasteiger partial charge in [0.1, 0.15) is 53.9 Å². The maximum atomic E-state index is 15.5. The second-order valence-electron chi connectivity index (χ2n) is 31.4. The molecular formula is C73H116ClF6N11O12. The van der Waals surface area contributed by atoms with Gasteiger partial charge < -0.3 is 59.9 Å². The molecule has 7 rings (SSSR count). The van der Waals surface area contributed by atoms with Gasteiger partial charge in [0.05, 0.1) is 24.5 Å². The Labute approximate surface area is 609 Å². The van der Waals surface area contributed by atoms with Gasteiger partial charge in [0.2, 0.25) is 65.0 Å². The number of nitrogens with zero attached hydrogens (tertiary/aromatic N) is 8. The zero-order valence-electron chi connectivity index (χ0n) is 62.8. The minimum atomic E-state index is -4.55. The highest BCUT2D eigenvalue weighted by Gasteiger charge is 2.55. The van der Waals surface area contributed by atoms with E-state index >= 15 is 28.8 Å². The van der Waals surface area contributed by atoms with E-state index in [0.717, 1.165) is 24.2 Å². The number of hydrogen-bond donors (Lipinski definition) is 3. The van der Waals surface area contributed by atoms with Crippen LogP contribution in [0.2, 0.25) is 0 Å². The molecule has 23 nitrogen and oxygen atoms in total. The van der Waals surface area contributed by atoms with Gasteiger partial charge in [0.15, 0.2) is 0 Å².